The molecule has 0 aromatic heterocycles. The maximum absolute atomic E-state index is 9.20. The van der Waals surface area contributed by atoms with Crippen LogP contribution in [0.3, 0.4) is 0 Å². The molecule has 0 fully saturated rings. The molecule has 3 unspecified atom stereocenters. The number of hydrogen-bond acceptors (Lipinski definition) is 1. The van der Waals surface area contributed by atoms with E-state index in [1.807, 2.05) is 6.92 Å². The summed E-state index contributed by atoms with van der Waals surface area (Å²) in [5.41, 5.74) is 0. The van der Waals surface area contributed by atoms with Crippen molar-refractivity contribution in [2.75, 3.05) is 0 Å². The molecule has 0 rings (SSSR count). The van der Waals surface area contributed by atoms with Gasteiger partial charge in [-0.1, -0.05) is 40.5 Å². The standard InChI is InChI=1S/C12H26O/c1-9(2)11(4)7-6-10(3)8-12(5)13/h9-13H,6-8H2,1-5H3. The molecular weight excluding hydrogens is 160 g/mol. The molecule has 0 aromatic rings. The molecule has 13 heavy (non-hydrogen) atoms. The van der Waals surface area contributed by atoms with E-state index in [4.69, 9.17) is 0 Å². The van der Waals surface area contributed by atoms with Gasteiger partial charge >= 0.3 is 0 Å². The lowest BCUT2D eigenvalue weighted by Crippen LogP contribution is -2.10. The molecule has 0 aromatic carbocycles. The van der Waals surface area contributed by atoms with Gasteiger partial charge in [0.15, 0.2) is 0 Å². The molecule has 0 aliphatic heterocycles. The molecule has 0 saturated carbocycles. The van der Waals surface area contributed by atoms with Crippen LogP contribution in [0.4, 0.5) is 0 Å². The van der Waals surface area contributed by atoms with Crippen molar-refractivity contribution < 1.29 is 5.11 Å². The highest BCUT2D eigenvalue weighted by Gasteiger charge is 2.11. The SMILES string of the molecule is CC(O)CC(C)CCC(C)C(C)C. The van der Waals surface area contributed by atoms with E-state index in [-0.39, 0.29) is 6.10 Å². The third-order valence-electron chi connectivity index (χ3n) is 3.00. The molecule has 0 saturated heterocycles. The third kappa shape index (κ3) is 7.06. The Morgan fingerprint density at radius 3 is 1.85 bits per heavy atom. The number of hydrogen-bond donors (Lipinski definition) is 1. The van der Waals surface area contributed by atoms with Crippen LogP contribution in [-0.4, -0.2) is 11.2 Å². The van der Waals surface area contributed by atoms with E-state index in [1.54, 1.807) is 0 Å². The predicted octanol–water partition coefficient (Wildman–Crippen LogP) is 3.47. The first kappa shape index (κ1) is 13.0. The van der Waals surface area contributed by atoms with Gasteiger partial charge in [0.1, 0.15) is 0 Å². The van der Waals surface area contributed by atoms with Crippen LogP contribution in [-0.2, 0) is 0 Å². The minimum atomic E-state index is -0.135. The molecule has 0 amide bonds. The number of aliphatic hydroxyl groups is 1. The van der Waals surface area contributed by atoms with E-state index < -0.39 is 0 Å². The molecule has 3 atom stereocenters. The summed E-state index contributed by atoms with van der Waals surface area (Å²) in [5, 5.41) is 9.20. The minimum absolute atomic E-state index is 0.135. The fraction of sp³-hybridized carbons (Fsp3) is 1.00. The quantitative estimate of drug-likeness (QED) is 0.673. The van der Waals surface area contributed by atoms with Crippen molar-refractivity contribution in [1.82, 2.24) is 0 Å². The summed E-state index contributed by atoms with van der Waals surface area (Å²) >= 11 is 0. The second kappa shape index (κ2) is 6.42. The second-order valence-electron chi connectivity index (χ2n) is 4.99. The Balaban J connectivity index is 3.51. The summed E-state index contributed by atoms with van der Waals surface area (Å²) in [6, 6.07) is 0. The van der Waals surface area contributed by atoms with Crippen LogP contribution in [0.15, 0.2) is 0 Å². The Hall–Kier alpha value is -0.0400. The van der Waals surface area contributed by atoms with E-state index in [9.17, 15) is 5.11 Å². The summed E-state index contributed by atoms with van der Waals surface area (Å²) in [6.45, 7) is 11.0. The van der Waals surface area contributed by atoms with Crippen LogP contribution in [0, 0.1) is 17.8 Å². The van der Waals surface area contributed by atoms with Gasteiger partial charge in [-0.2, -0.15) is 0 Å². The zero-order valence-electron chi connectivity index (χ0n) is 9.88. The third-order valence-corrected chi connectivity index (χ3v) is 3.00. The van der Waals surface area contributed by atoms with Crippen LogP contribution < -0.4 is 0 Å². The van der Waals surface area contributed by atoms with Gasteiger partial charge in [0, 0.05) is 0 Å². The Morgan fingerprint density at radius 2 is 1.46 bits per heavy atom. The average Bonchev–Trinajstić information content (AvgIpc) is 1.98. The fourth-order valence-corrected chi connectivity index (χ4v) is 1.58. The molecular formula is C12H26O. The first-order chi connectivity index (χ1) is 5.93. The lowest BCUT2D eigenvalue weighted by Gasteiger charge is -2.19. The van der Waals surface area contributed by atoms with Gasteiger partial charge in [-0.05, 0) is 31.1 Å². The Kier molecular flexibility index (Phi) is 6.40. The Labute approximate surface area is 83.5 Å². The maximum atomic E-state index is 9.20. The van der Waals surface area contributed by atoms with Gasteiger partial charge in [-0.3, -0.25) is 0 Å². The van der Waals surface area contributed by atoms with Gasteiger partial charge in [-0.25, -0.2) is 0 Å². The normalized spacial score (nSPS) is 18.7. The predicted molar refractivity (Wildman–Crippen MR) is 58.7 cm³/mol. The van der Waals surface area contributed by atoms with Crippen molar-refractivity contribution in [2.45, 2.75) is 60.0 Å². The van der Waals surface area contributed by atoms with Gasteiger partial charge in [-0.15, -0.1) is 0 Å². The average molecular weight is 186 g/mol. The van der Waals surface area contributed by atoms with Crippen molar-refractivity contribution in [2.24, 2.45) is 17.8 Å². The van der Waals surface area contributed by atoms with Crippen molar-refractivity contribution in [3.63, 3.8) is 0 Å². The molecule has 0 aliphatic rings. The van der Waals surface area contributed by atoms with Crippen LogP contribution in [0.5, 0.6) is 0 Å². The van der Waals surface area contributed by atoms with Crippen LogP contribution in [0.1, 0.15) is 53.9 Å². The minimum Gasteiger partial charge on any atom is -0.393 e. The van der Waals surface area contributed by atoms with E-state index in [0.717, 1.165) is 18.3 Å². The monoisotopic (exact) mass is 186 g/mol. The molecule has 0 spiro atoms. The molecule has 1 N–H and O–H groups in total. The van der Waals surface area contributed by atoms with Crippen LogP contribution >= 0.6 is 0 Å². The van der Waals surface area contributed by atoms with Crippen molar-refractivity contribution in [3.05, 3.63) is 0 Å². The van der Waals surface area contributed by atoms with Gasteiger partial charge in [0.2, 0.25) is 0 Å². The second-order valence-corrected chi connectivity index (χ2v) is 4.99. The lowest BCUT2D eigenvalue weighted by atomic mass is 9.88. The van der Waals surface area contributed by atoms with Crippen LogP contribution in [0.2, 0.25) is 0 Å². The first-order valence-electron chi connectivity index (χ1n) is 5.61. The summed E-state index contributed by atoms with van der Waals surface area (Å²) in [5.74, 6) is 2.27. The molecule has 0 radical (unpaired) electrons. The van der Waals surface area contributed by atoms with Gasteiger partial charge in [0.05, 0.1) is 6.10 Å². The zero-order valence-corrected chi connectivity index (χ0v) is 9.88. The largest absolute Gasteiger partial charge is 0.393 e. The molecule has 1 nitrogen and oxygen atoms in total. The van der Waals surface area contributed by atoms with Crippen molar-refractivity contribution >= 4 is 0 Å². The van der Waals surface area contributed by atoms with E-state index in [1.165, 1.54) is 12.8 Å². The Morgan fingerprint density at radius 1 is 0.923 bits per heavy atom. The maximum Gasteiger partial charge on any atom is 0.0514 e. The molecule has 80 valence electrons. The number of rotatable bonds is 6. The molecule has 0 heterocycles. The summed E-state index contributed by atoms with van der Waals surface area (Å²) in [4.78, 5) is 0. The summed E-state index contributed by atoms with van der Waals surface area (Å²) in [7, 11) is 0. The zero-order chi connectivity index (χ0) is 10.4. The molecule has 0 aliphatic carbocycles. The summed E-state index contributed by atoms with van der Waals surface area (Å²) in [6.07, 6.45) is 3.37. The highest BCUT2D eigenvalue weighted by molar-refractivity contribution is 4.62. The van der Waals surface area contributed by atoms with Crippen molar-refractivity contribution in [1.29, 1.82) is 0 Å². The molecule has 1 heteroatoms. The summed E-state index contributed by atoms with van der Waals surface area (Å²) < 4.78 is 0. The fourth-order valence-electron chi connectivity index (χ4n) is 1.58. The smallest absolute Gasteiger partial charge is 0.0514 e. The Bertz CT molecular complexity index is 118. The first-order valence-corrected chi connectivity index (χ1v) is 5.61. The lowest BCUT2D eigenvalue weighted by molar-refractivity contribution is 0.158. The van der Waals surface area contributed by atoms with Crippen LogP contribution in [0.25, 0.3) is 0 Å². The number of aliphatic hydroxyl groups excluding tert-OH is 1. The van der Waals surface area contributed by atoms with Crippen molar-refractivity contribution in [3.8, 4) is 0 Å². The topological polar surface area (TPSA) is 20.2 Å². The highest BCUT2D eigenvalue weighted by Crippen LogP contribution is 2.21. The van der Waals surface area contributed by atoms with Gasteiger partial charge < -0.3 is 5.11 Å². The van der Waals surface area contributed by atoms with Gasteiger partial charge in [0.25, 0.3) is 0 Å². The van der Waals surface area contributed by atoms with E-state index in [0.29, 0.717) is 5.92 Å². The molecule has 0 bridgehead atoms. The van der Waals surface area contributed by atoms with E-state index in [2.05, 4.69) is 27.7 Å². The van der Waals surface area contributed by atoms with E-state index >= 15 is 0 Å². The highest BCUT2D eigenvalue weighted by atomic mass is 16.3.